The molecule has 110 valence electrons. The van der Waals surface area contributed by atoms with Gasteiger partial charge in [-0.15, -0.1) is 11.3 Å². The van der Waals surface area contributed by atoms with Gasteiger partial charge in [0.05, 0.1) is 18.6 Å². The minimum atomic E-state index is -0.400. The summed E-state index contributed by atoms with van der Waals surface area (Å²) in [5.41, 5.74) is 7.22. The molecule has 1 aromatic heterocycles. The highest BCUT2D eigenvalue weighted by Gasteiger charge is 2.39. The second-order valence-electron chi connectivity index (χ2n) is 5.58. The Hall–Kier alpha value is -1.88. The predicted octanol–water partition coefficient (Wildman–Crippen LogP) is 3.24. The van der Waals surface area contributed by atoms with Crippen molar-refractivity contribution >= 4 is 17.3 Å². The molecule has 21 heavy (non-hydrogen) atoms. The van der Waals surface area contributed by atoms with Crippen molar-refractivity contribution < 1.29 is 4.39 Å². The first kappa shape index (κ1) is 14.1. The maximum absolute atomic E-state index is 13.9. The van der Waals surface area contributed by atoms with E-state index in [0.717, 1.165) is 5.56 Å². The summed E-state index contributed by atoms with van der Waals surface area (Å²) < 4.78 is 13.9. The van der Waals surface area contributed by atoms with Crippen molar-refractivity contribution in [3.8, 4) is 0 Å². The molecule has 0 saturated carbocycles. The third-order valence-corrected chi connectivity index (χ3v) is 4.97. The second-order valence-corrected chi connectivity index (χ2v) is 6.61. The lowest BCUT2D eigenvalue weighted by molar-refractivity contribution is 0.218. The van der Waals surface area contributed by atoms with E-state index >= 15 is 0 Å². The summed E-state index contributed by atoms with van der Waals surface area (Å²) in [6.45, 7) is 5.07. The van der Waals surface area contributed by atoms with Gasteiger partial charge in [0.2, 0.25) is 0 Å². The molecular formula is C16H18FN3S. The van der Waals surface area contributed by atoms with Gasteiger partial charge in [-0.25, -0.2) is 4.39 Å². The van der Waals surface area contributed by atoms with Gasteiger partial charge in [-0.1, -0.05) is 18.2 Å². The van der Waals surface area contributed by atoms with Crippen LogP contribution in [0.15, 0.2) is 40.7 Å². The summed E-state index contributed by atoms with van der Waals surface area (Å²) in [7, 11) is 0. The summed E-state index contributed by atoms with van der Waals surface area (Å²) in [4.78, 5) is 7.66. The van der Waals surface area contributed by atoms with Crippen molar-refractivity contribution in [1.29, 1.82) is 0 Å². The van der Waals surface area contributed by atoms with E-state index in [1.165, 1.54) is 4.88 Å². The quantitative estimate of drug-likeness (QED) is 0.946. The highest BCUT2D eigenvalue weighted by Crippen LogP contribution is 2.35. The van der Waals surface area contributed by atoms with Crippen molar-refractivity contribution in [3.05, 3.63) is 57.5 Å². The Labute approximate surface area is 127 Å². The summed E-state index contributed by atoms with van der Waals surface area (Å²) in [6.07, 6.45) is 0. The first-order valence-electron chi connectivity index (χ1n) is 6.87. The first-order chi connectivity index (χ1) is 10.0. The van der Waals surface area contributed by atoms with E-state index in [1.54, 1.807) is 24.3 Å². The maximum atomic E-state index is 13.9. The minimum Gasteiger partial charge on any atom is -0.370 e. The van der Waals surface area contributed by atoms with Gasteiger partial charge in [0.15, 0.2) is 5.96 Å². The van der Waals surface area contributed by atoms with Gasteiger partial charge in [-0.05, 0) is 42.5 Å². The molecule has 1 atom stereocenters. The topological polar surface area (TPSA) is 41.6 Å². The third kappa shape index (κ3) is 2.42. The second kappa shape index (κ2) is 5.15. The lowest BCUT2D eigenvalue weighted by Crippen LogP contribution is -2.46. The molecule has 2 N–H and O–H groups in total. The van der Waals surface area contributed by atoms with E-state index in [2.05, 4.69) is 22.9 Å². The normalized spacial score (nSPS) is 21.7. The average Bonchev–Trinajstić information content (AvgIpc) is 3.06. The third-order valence-electron chi connectivity index (χ3n) is 4.11. The van der Waals surface area contributed by atoms with Crippen molar-refractivity contribution in [3.63, 3.8) is 0 Å². The molecule has 1 aliphatic heterocycles. The zero-order chi connectivity index (χ0) is 15.0. The Morgan fingerprint density at radius 3 is 2.90 bits per heavy atom. The number of rotatable bonds is 3. The van der Waals surface area contributed by atoms with Crippen molar-refractivity contribution in [2.45, 2.75) is 25.9 Å². The van der Waals surface area contributed by atoms with Crippen molar-refractivity contribution in [1.82, 2.24) is 4.90 Å². The number of nitrogens with two attached hydrogens (primary N) is 1. The van der Waals surface area contributed by atoms with Crippen LogP contribution in [0.2, 0.25) is 0 Å². The van der Waals surface area contributed by atoms with Crippen LogP contribution >= 0.6 is 11.3 Å². The largest absolute Gasteiger partial charge is 0.370 e. The molecule has 2 aromatic rings. The van der Waals surface area contributed by atoms with Gasteiger partial charge in [0.25, 0.3) is 0 Å². The molecule has 0 bridgehead atoms. The fourth-order valence-corrected chi connectivity index (χ4v) is 3.34. The number of aliphatic imine (C=N–C) groups is 1. The van der Waals surface area contributed by atoms with Crippen LogP contribution < -0.4 is 5.73 Å². The van der Waals surface area contributed by atoms with Crippen LogP contribution in [0.5, 0.6) is 0 Å². The number of benzene rings is 1. The predicted molar refractivity (Wildman–Crippen MR) is 84.8 cm³/mol. The Morgan fingerprint density at radius 2 is 2.24 bits per heavy atom. The van der Waals surface area contributed by atoms with E-state index in [9.17, 15) is 4.39 Å². The molecule has 5 heteroatoms. The molecular weight excluding hydrogens is 285 g/mol. The zero-order valence-electron chi connectivity index (χ0n) is 12.1. The highest BCUT2D eigenvalue weighted by molar-refractivity contribution is 7.09. The van der Waals surface area contributed by atoms with Crippen LogP contribution in [-0.2, 0) is 12.1 Å². The molecule has 1 aromatic carbocycles. The highest BCUT2D eigenvalue weighted by atomic mass is 32.1. The lowest BCUT2D eigenvalue weighted by atomic mass is 9.90. The van der Waals surface area contributed by atoms with Gasteiger partial charge in [-0.2, -0.15) is 0 Å². The van der Waals surface area contributed by atoms with E-state index in [-0.39, 0.29) is 5.82 Å². The first-order valence-corrected chi connectivity index (χ1v) is 7.75. The van der Waals surface area contributed by atoms with E-state index in [4.69, 9.17) is 5.73 Å². The van der Waals surface area contributed by atoms with Crippen molar-refractivity contribution in [2.24, 2.45) is 10.7 Å². The van der Waals surface area contributed by atoms with Crippen LogP contribution in [0.4, 0.5) is 4.39 Å². The number of halogens is 1. The molecule has 0 radical (unpaired) electrons. The summed E-state index contributed by atoms with van der Waals surface area (Å²) in [5.74, 6) is 0.335. The molecule has 1 unspecified atom stereocenters. The van der Waals surface area contributed by atoms with E-state index in [1.807, 2.05) is 23.6 Å². The summed E-state index contributed by atoms with van der Waals surface area (Å²) >= 11 is 1.69. The fourth-order valence-electron chi connectivity index (χ4n) is 2.65. The number of hydrogen-bond donors (Lipinski definition) is 1. The lowest BCUT2D eigenvalue weighted by Gasteiger charge is -2.36. The summed E-state index contributed by atoms with van der Waals surface area (Å²) in [5, 5.41) is 2.04. The molecule has 1 aliphatic rings. The number of aryl methyl sites for hydroxylation is 1. The molecule has 0 spiro atoms. The molecule has 2 heterocycles. The smallest absolute Gasteiger partial charge is 0.192 e. The van der Waals surface area contributed by atoms with Crippen LogP contribution in [0.3, 0.4) is 0 Å². The molecule has 0 fully saturated rings. The monoisotopic (exact) mass is 303 g/mol. The summed E-state index contributed by atoms with van der Waals surface area (Å²) in [6, 6.07) is 9.48. The van der Waals surface area contributed by atoms with Crippen LogP contribution in [0.1, 0.15) is 22.9 Å². The zero-order valence-corrected chi connectivity index (χ0v) is 13.0. The average molecular weight is 303 g/mol. The maximum Gasteiger partial charge on any atom is 0.192 e. The Kier molecular flexibility index (Phi) is 3.45. The Morgan fingerprint density at radius 1 is 1.43 bits per heavy atom. The number of thiophene rings is 1. The SMILES string of the molecule is Cc1ccc(C2(C)CN=C(N)N2Cc2cccs2)cc1F. The molecule has 0 saturated heterocycles. The van der Waals surface area contributed by atoms with Gasteiger partial charge < -0.3 is 10.6 Å². The number of guanidine groups is 1. The molecule has 3 rings (SSSR count). The molecule has 0 aliphatic carbocycles. The number of hydrogen-bond acceptors (Lipinski definition) is 4. The van der Waals surface area contributed by atoms with Crippen LogP contribution in [0, 0.1) is 12.7 Å². The molecule has 0 amide bonds. The van der Waals surface area contributed by atoms with Crippen LogP contribution in [0.25, 0.3) is 0 Å². The minimum absolute atomic E-state index is 0.185. The van der Waals surface area contributed by atoms with Gasteiger partial charge in [0.1, 0.15) is 5.82 Å². The van der Waals surface area contributed by atoms with Gasteiger partial charge in [0, 0.05) is 4.88 Å². The van der Waals surface area contributed by atoms with Crippen molar-refractivity contribution in [2.75, 3.05) is 6.54 Å². The van der Waals surface area contributed by atoms with Crippen LogP contribution in [-0.4, -0.2) is 17.4 Å². The fraction of sp³-hybridized carbons (Fsp3) is 0.312. The van der Waals surface area contributed by atoms with E-state index in [0.29, 0.717) is 24.6 Å². The molecule has 3 nitrogen and oxygen atoms in total. The Bertz CT molecular complexity index is 681. The standard InChI is InChI=1S/C16H18FN3S/c1-11-5-6-12(8-14(11)17)16(2)10-19-15(18)20(16)9-13-4-3-7-21-13/h3-8H,9-10H2,1-2H3,(H2,18,19). The van der Waals surface area contributed by atoms with E-state index < -0.39 is 5.54 Å². The van der Waals surface area contributed by atoms with Gasteiger partial charge >= 0.3 is 0 Å². The Balaban J connectivity index is 1.96. The van der Waals surface area contributed by atoms with Gasteiger partial charge in [-0.3, -0.25) is 4.99 Å². The number of nitrogens with zero attached hydrogens (tertiary/aromatic N) is 2.